The first-order chi connectivity index (χ1) is 14.2. The summed E-state index contributed by atoms with van der Waals surface area (Å²) in [6.45, 7) is 0.413. The molecule has 0 saturated heterocycles. The first kappa shape index (κ1) is 17.8. The van der Waals surface area contributed by atoms with Gasteiger partial charge in [0.1, 0.15) is 11.9 Å². The van der Waals surface area contributed by atoms with Crippen LogP contribution < -0.4 is 10.1 Å². The average molecular weight is 404 g/mol. The van der Waals surface area contributed by atoms with E-state index < -0.39 is 0 Å². The summed E-state index contributed by atoms with van der Waals surface area (Å²) in [6.07, 6.45) is 5.67. The highest BCUT2D eigenvalue weighted by Crippen LogP contribution is 2.41. The minimum atomic E-state index is -0.158. The van der Waals surface area contributed by atoms with E-state index >= 15 is 0 Å². The normalized spacial score (nSPS) is 15.1. The minimum absolute atomic E-state index is 0.140. The van der Waals surface area contributed by atoms with E-state index in [0.29, 0.717) is 23.6 Å². The van der Waals surface area contributed by atoms with E-state index in [1.54, 1.807) is 24.5 Å². The van der Waals surface area contributed by atoms with Crippen LogP contribution in [0.25, 0.3) is 22.0 Å². The summed E-state index contributed by atoms with van der Waals surface area (Å²) in [5.74, 6) is 0.679. The monoisotopic (exact) mass is 403 g/mol. The fourth-order valence-corrected chi connectivity index (χ4v) is 3.99. The van der Waals surface area contributed by atoms with Gasteiger partial charge >= 0.3 is 0 Å². The highest BCUT2D eigenvalue weighted by molar-refractivity contribution is 6.31. The second-order valence-corrected chi connectivity index (χ2v) is 7.55. The Hall–Kier alpha value is -3.31. The Balaban J connectivity index is 1.37. The molecule has 5 nitrogen and oxygen atoms in total. The van der Waals surface area contributed by atoms with Crippen molar-refractivity contribution < 1.29 is 9.53 Å². The molecule has 29 heavy (non-hydrogen) atoms. The Kier molecular flexibility index (Phi) is 4.45. The lowest BCUT2D eigenvalue weighted by Crippen LogP contribution is -2.34. The standard InChI is InChI=1S/C23H18ClN3O2/c24-18-9-17-10-19(13-27-23(28)16-2-1-6-25-12-16)29-22(17)20(11-18)14-3-4-21-15(8-14)5-7-26-21/h1-9,11-12,19,26H,10,13H2,(H,27,28)/t19-/m1/s1. The molecule has 1 amide bonds. The Labute approximate surface area is 172 Å². The lowest BCUT2D eigenvalue weighted by atomic mass is 9.99. The zero-order chi connectivity index (χ0) is 19.8. The van der Waals surface area contributed by atoms with Crippen LogP contribution in [0.3, 0.4) is 0 Å². The van der Waals surface area contributed by atoms with Gasteiger partial charge in [-0.3, -0.25) is 9.78 Å². The predicted octanol–water partition coefficient (Wildman–Crippen LogP) is 4.62. The number of H-pyrrole nitrogens is 1. The molecule has 4 aromatic rings. The molecule has 0 fully saturated rings. The highest BCUT2D eigenvalue weighted by atomic mass is 35.5. The van der Waals surface area contributed by atoms with Crippen molar-refractivity contribution in [3.05, 3.63) is 83.3 Å². The van der Waals surface area contributed by atoms with Gasteiger partial charge in [0.25, 0.3) is 5.91 Å². The molecule has 0 spiro atoms. The molecule has 0 radical (unpaired) electrons. The molecule has 0 unspecified atom stereocenters. The second kappa shape index (κ2) is 7.26. The van der Waals surface area contributed by atoms with Gasteiger partial charge in [0.15, 0.2) is 0 Å². The van der Waals surface area contributed by atoms with Crippen LogP contribution in [-0.2, 0) is 6.42 Å². The van der Waals surface area contributed by atoms with Gasteiger partial charge in [0.05, 0.1) is 12.1 Å². The number of carbonyl (C=O) groups excluding carboxylic acids is 1. The first-order valence-corrected chi connectivity index (χ1v) is 9.80. The van der Waals surface area contributed by atoms with Crippen LogP contribution in [0.4, 0.5) is 0 Å². The summed E-state index contributed by atoms with van der Waals surface area (Å²) in [4.78, 5) is 19.5. The maximum absolute atomic E-state index is 12.3. The molecule has 0 aliphatic carbocycles. The summed E-state index contributed by atoms with van der Waals surface area (Å²) in [5, 5.41) is 4.74. The number of hydrogen-bond acceptors (Lipinski definition) is 3. The zero-order valence-corrected chi connectivity index (χ0v) is 16.2. The van der Waals surface area contributed by atoms with Gasteiger partial charge in [-0.05, 0) is 53.4 Å². The van der Waals surface area contributed by atoms with Crippen LogP contribution in [0.1, 0.15) is 15.9 Å². The van der Waals surface area contributed by atoms with Crippen molar-refractivity contribution in [3.63, 3.8) is 0 Å². The summed E-state index contributed by atoms with van der Waals surface area (Å²) in [5.41, 5.74) is 4.70. The summed E-state index contributed by atoms with van der Waals surface area (Å²) in [7, 11) is 0. The molecule has 2 N–H and O–H groups in total. The van der Waals surface area contributed by atoms with Gasteiger partial charge in [-0.25, -0.2) is 0 Å². The van der Waals surface area contributed by atoms with Gasteiger partial charge in [-0.15, -0.1) is 0 Å². The summed E-state index contributed by atoms with van der Waals surface area (Å²) in [6, 6.07) is 15.6. The van der Waals surface area contributed by atoms with Crippen LogP contribution >= 0.6 is 11.6 Å². The van der Waals surface area contributed by atoms with E-state index in [1.807, 2.05) is 24.4 Å². The van der Waals surface area contributed by atoms with Crippen molar-refractivity contribution in [2.75, 3.05) is 6.54 Å². The van der Waals surface area contributed by atoms with Crippen LogP contribution in [0.2, 0.25) is 5.02 Å². The Bertz CT molecular complexity index is 1200. The molecule has 144 valence electrons. The number of benzene rings is 2. The van der Waals surface area contributed by atoms with E-state index in [-0.39, 0.29) is 12.0 Å². The van der Waals surface area contributed by atoms with Crippen molar-refractivity contribution in [2.24, 2.45) is 0 Å². The number of hydrogen-bond donors (Lipinski definition) is 2. The number of aromatic amines is 1. The van der Waals surface area contributed by atoms with Crippen molar-refractivity contribution in [1.29, 1.82) is 0 Å². The quantitative estimate of drug-likeness (QED) is 0.522. The molecule has 0 saturated carbocycles. The molecular weight excluding hydrogens is 386 g/mol. The van der Waals surface area contributed by atoms with Crippen molar-refractivity contribution in [2.45, 2.75) is 12.5 Å². The molecule has 5 rings (SSSR count). The molecule has 1 aliphatic rings. The van der Waals surface area contributed by atoms with Crippen molar-refractivity contribution >= 4 is 28.4 Å². The predicted molar refractivity (Wildman–Crippen MR) is 113 cm³/mol. The smallest absolute Gasteiger partial charge is 0.252 e. The number of fused-ring (bicyclic) bond motifs is 2. The number of rotatable bonds is 4. The van der Waals surface area contributed by atoms with E-state index in [0.717, 1.165) is 33.3 Å². The zero-order valence-electron chi connectivity index (χ0n) is 15.5. The number of nitrogens with zero attached hydrogens (tertiary/aromatic N) is 1. The van der Waals surface area contributed by atoms with Gasteiger partial charge in [-0.1, -0.05) is 17.7 Å². The van der Waals surface area contributed by atoms with Gasteiger partial charge in [-0.2, -0.15) is 0 Å². The van der Waals surface area contributed by atoms with Gasteiger partial charge < -0.3 is 15.0 Å². The molecule has 1 aliphatic heterocycles. The van der Waals surface area contributed by atoms with Gasteiger partial charge in [0, 0.05) is 46.7 Å². The van der Waals surface area contributed by atoms with Gasteiger partial charge in [0.2, 0.25) is 0 Å². The fourth-order valence-electron chi connectivity index (χ4n) is 3.75. The Morgan fingerprint density at radius 2 is 2.17 bits per heavy atom. The largest absolute Gasteiger partial charge is 0.487 e. The third-order valence-corrected chi connectivity index (χ3v) is 5.36. The number of halogens is 1. The fraction of sp³-hybridized carbons (Fsp3) is 0.130. The SMILES string of the molecule is O=C(NC[C@H]1Cc2cc(Cl)cc(-c3ccc4[nH]ccc4c3)c2O1)c1cccnc1. The summed E-state index contributed by atoms with van der Waals surface area (Å²) >= 11 is 6.39. The molecule has 3 heterocycles. The Morgan fingerprint density at radius 1 is 1.24 bits per heavy atom. The van der Waals surface area contributed by atoms with Crippen molar-refractivity contribution in [3.8, 4) is 16.9 Å². The number of ether oxygens (including phenoxy) is 1. The number of aromatic nitrogens is 2. The number of nitrogens with one attached hydrogen (secondary N) is 2. The second-order valence-electron chi connectivity index (χ2n) is 7.12. The summed E-state index contributed by atoms with van der Waals surface area (Å²) < 4.78 is 6.23. The third kappa shape index (κ3) is 3.45. The molecule has 0 bridgehead atoms. The molecule has 1 atom stereocenters. The van der Waals surface area contributed by atoms with Crippen LogP contribution in [0.5, 0.6) is 5.75 Å². The molecule has 2 aromatic carbocycles. The van der Waals surface area contributed by atoms with Crippen LogP contribution in [0, 0.1) is 0 Å². The molecular formula is C23H18ClN3O2. The third-order valence-electron chi connectivity index (χ3n) is 5.14. The van der Waals surface area contributed by atoms with E-state index in [2.05, 4.69) is 33.5 Å². The number of pyridine rings is 1. The Morgan fingerprint density at radius 3 is 3.03 bits per heavy atom. The average Bonchev–Trinajstić information content (AvgIpc) is 3.37. The van der Waals surface area contributed by atoms with Crippen LogP contribution in [0.15, 0.2) is 67.1 Å². The maximum atomic E-state index is 12.3. The van der Waals surface area contributed by atoms with E-state index in [1.165, 1.54) is 0 Å². The van der Waals surface area contributed by atoms with Crippen LogP contribution in [-0.4, -0.2) is 28.5 Å². The van der Waals surface area contributed by atoms with Crippen molar-refractivity contribution in [1.82, 2.24) is 15.3 Å². The lowest BCUT2D eigenvalue weighted by Gasteiger charge is -2.14. The number of carbonyl (C=O) groups is 1. The molecule has 6 heteroatoms. The maximum Gasteiger partial charge on any atom is 0.252 e. The lowest BCUT2D eigenvalue weighted by molar-refractivity contribution is 0.0933. The minimum Gasteiger partial charge on any atom is -0.487 e. The van der Waals surface area contributed by atoms with E-state index in [4.69, 9.17) is 16.3 Å². The number of amides is 1. The topological polar surface area (TPSA) is 67.0 Å². The van der Waals surface area contributed by atoms with E-state index in [9.17, 15) is 4.79 Å². The molecule has 2 aromatic heterocycles. The highest BCUT2D eigenvalue weighted by Gasteiger charge is 2.27. The first-order valence-electron chi connectivity index (χ1n) is 9.42.